The van der Waals surface area contributed by atoms with E-state index in [0.29, 0.717) is 0 Å². The summed E-state index contributed by atoms with van der Waals surface area (Å²) in [6, 6.07) is 0. The molecule has 1 unspecified atom stereocenters. The normalized spacial score (nSPS) is 38.6. The Kier molecular flexibility index (Phi) is 1.33. The highest BCUT2D eigenvalue weighted by Crippen LogP contribution is 2.37. The smallest absolute Gasteiger partial charge is 0.0493 e. The molecule has 1 saturated carbocycles. The molecule has 1 heteroatoms. The van der Waals surface area contributed by atoms with E-state index in [1.54, 1.807) is 7.11 Å². The molecule has 0 heterocycles. The van der Waals surface area contributed by atoms with Crippen molar-refractivity contribution in [3.63, 3.8) is 0 Å². The van der Waals surface area contributed by atoms with Crippen molar-refractivity contribution in [1.29, 1.82) is 0 Å². The minimum Gasteiger partial charge on any atom is -0.384 e. The molecule has 1 aliphatic rings. The Morgan fingerprint density at radius 3 is 2.43 bits per heavy atom. The van der Waals surface area contributed by atoms with Crippen LogP contribution in [0.15, 0.2) is 0 Å². The minimum absolute atomic E-state index is 0.894. The van der Waals surface area contributed by atoms with Crippen LogP contribution >= 0.6 is 0 Å². The molecule has 0 aromatic heterocycles. The lowest BCUT2D eigenvalue weighted by Gasteiger charge is -1.89. The summed E-state index contributed by atoms with van der Waals surface area (Å²) in [4.78, 5) is 0. The SMILES string of the molecule is COC[C@@H]1CC1C. The van der Waals surface area contributed by atoms with Crippen molar-refractivity contribution in [2.45, 2.75) is 13.3 Å². The first kappa shape index (κ1) is 5.10. The van der Waals surface area contributed by atoms with E-state index in [1.807, 2.05) is 0 Å². The Labute approximate surface area is 44.7 Å². The van der Waals surface area contributed by atoms with Crippen molar-refractivity contribution in [3.05, 3.63) is 0 Å². The van der Waals surface area contributed by atoms with E-state index >= 15 is 0 Å². The summed E-state index contributed by atoms with van der Waals surface area (Å²) in [6.07, 6.45) is 1.38. The van der Waals surface area contributed by atoms with Gasteiger partial charge in [-0.25, -0.2) is 0 Å². The molecule has 1 aliphatic carbocycles. The first-order valence-electron chi connectivity index (χ1n) is 2.83. The van der Waals surface area contributed by atoms with E-state index in [0.717, 1.165) is 18.4 Å². The van der Waals surface area contributed by atoms with Gasteiger partial charge in [-0.1, -0.05) is 6.92 Å². The third kappa shape index (κ3) is 1.16. The Hall–Kier alpha value is -0.0400. The van der Waals surface area contributed by atoms with Crippen LogP contribution in [-0.4, -0.2) is 13.7 Å². The third-order valence-corrected chi connectivity index (χ3v) is 1.66. The number of hydrogen-bond acceptors (Lipinski definition) is 1. The molecule has 0 aromatic carbocycles. The molecular weight excluding hydrogens is 88.1 g/mol. The molecule has 1 nitrogen and oxygen atoms in total. The van der Waals surface area contributed by atoms with Crippen molar-refractivity contribution in [3.8, 4) is 0 Å². The molecule has 0 N–H and O–H groups in total. The van der Waals surface area contributed by atoms with Crippen LogP contribution in [0.25, 0.3) is 0 Å². The first-order chi connectivity index (χ1) is 3.34. The fraction of sp³-hybridized carbons (Fsp3) is 1.00. The van der Waals surface area contributed by atoms with Gasteiger partial charge in [0, 0.05) is 13.7 Å². The summed E-state index contributed by atoms with van der Waals surface area (Å²) in [5, 5.41) is 0. The molecule has 0 amide bonds. The van der Waals surface area contributed by atoms with Crippen molar-refractivity contribution < 1.29 is 4.74 Å². The molecule has 7 heavy (non-hydrogen) atoms. The van der Waals surface area contributed by atoms with Crippen molar-refractivity contribution in [2.24, 2.45) is 11.8 Å². The summed E-state index contributed by atoms with van der Waals surface area (Å²) in [6.45, 7) is 3.24. The highest BCUT2D eigenvalue weighted by molar-refractivity contribution is 4.81. The van der Waals surface area contributed by atoms with Crippen LogP contribution in [0.4, 0.5) is 0 Å². The Morgan fingerprint density at radius 1 is 1.71 bits per heavy atom. The molecular formula is C6H12O. The molecule has 0 saturated heterocycles. The van der Waals surface area contributed by atoms with E-state index < -0.39 is 0 Å². The number of hydrogen-bond donors (Lipinski definition) is 0. The lowest BCUT2D eigenvalue weighted by Crippen LogP contribution is -1.90. The Bertz CT molecular complexity index is 61.2. The lowest BCUT2D eigenvalue weighted by atomic mass is 10.4. The average Bonchev–Trinajstić information content (AvgIpc) is 2.22. The van der Waals surface area contributed by atoms with E-state index in [4.69, 9.17) is 4.74 Å². The molecule has 1 rings (SSSR count). The van der Waals surface area contributed by atoms with Gasteiger partial charge < -0.3 is 4.74 Å². The predicted octanol–water partition coefficient (Wildman–Crippen LogP) is 1.29. The molecule has 0 bridgehead atoms. The fourth-order valence-corrected chi connectivity index (χ4v) is 0.845. The highest BCUT2D eigenvalue weighted by atomic mass is 16.5. The lowest BCUT2D eigenvalue weighted by molar-refractivity contribution is 0.182. The zero-order valence-corrected chi connectivity index (χ0v) is 4.98. The quantitative estimate of drug-likeness (QED) is 0.508. The van der Waals surface area contributed by atoms with Crippen LogP contribution in [0.5, 0.6) is 0 Å². The van der Waals surface area contributed by atoms with Crippen LogP contribution in [0.1, 0.15) is 13.3 Å². The second kappa shape index (κ2) is 1.83. The zero-order valence-electron chi connectivity index (χ0n) is 4.98. The average molecular weight is 100 g/mol. The van der Waals surface area contributed by atoms with E-state index in [1.165, 1.54) is 6.42 Å². The number of rotatable bonds is 2. The number of ether oxygens (including phenoxy) is 1. The van der Waals surface area contributed by atoms with Crippen molar-refractivity contribution >= 4 is 0 Å². The van der Waals surface area contributed by atoms with Crippen LogP contribution < -0.4 is 0 Å². The topological polar surface area (TPSA) is 9.23 Å². The van der Waals surface area contributed by atoms with Crippen LogP contribution in [0, 0.1) is 11.8 Å². The standard InChI is InChI=1S/C6H12O/c1-5-3-6(5)4-7-2/h5-6H,3-4H2,1-2H3/t5?,6-/m0/s1. The monoisotopic (exact) mass is 100 g/mol. The Morgan fingerprint density at radius 2 is 2.29 bits per heavy atom. The number of methoxy groups -OCH3 is 1. The van der Waals surface area contributed by atoms with Crippen molar-refractivity contribution in [2.75, 3.05) is 13.7 Å². The highest BCUT2D eigenvalue weighted by Gasteiger charge is 2.31. The largest absolute Gasteiger partial charge is 0.384 e. The molecule has 42 valence electrons. The van der Waals surface area contributed by atoms with E-state index in [2.05, 4.69) is 6.92 Å². The van der Waals surface area contributed by atoms with Crippen LogP contribution in [-0.2, 0) is 4.74 Å². The minimum atomic E-state index is 0.894. The van der Waals surface area contributed by atoms with Gasteiger partial charge >= 0.3 is 0 Å². The van der Waals surface area contributed by atoms with Gasteiger partial charge in [-0.05, 0) is 18.3 Å². The van der Waals surface area contributed by atoms with Crippen molar-refractivity contribution in [1.82, 2.24) is 0 Å². The van der Waals surface area contributed by atoms with E-state index in [-0.39, 0.29) is 0 Å². The van der Waals surface area contributed by atoms with Gasteiger partial charge in [0.2, 0.25) is 0 Å². The maximum absolute atomic E-state index is 4.94. The van der Waals surface area contributed by atoms with Gasteiger partial charge in [0.05, 0.1) is 0 Å². The summed E-state index contributed by atoms with van der Waals surface area (Å²) in [5.74, 6) is 1.84. The molecule has 0 radical (unpaired) electrons. The molecule has 0 aromatic rings. The summed E-state index contributed by atoms with van der Waals surface area (Å²) >= 11 is 0. The summed E-state index contributed by atoms with van der Waals surface area (Å²) in [5.41, 5.74) is 0. The van der Waals surface area contributed by atoms with E-state index in [9.17, 15) is 0 Å². The molecule has 0 spiro atoms. The molecule has 1 fully saturated rings. The predicted molar refractivity (Wildman–Crippen MR) is 29.1 cm³/mol. The Balaban J connectivity index is 1.98. The third-order valence-electron chi connectivity index (χ3n) is 1.66. The van der Waals surface area contributed by atoms with Gasteiger partial charge in [0.1, 0.15) is 0 Å². The summed E-state index contributed by atoms with van der Waals surface area (Å²) in [7, 11) is 1.77. The van der Waals surface area contributed by atoms with Gasteiger partial charge in [-0.2, -0.15) is 0 Å². The van der Waals surface area contributed by atoms with Gasteiger partial charge in [0.25, 0.3) is 0 Å². The maximum atomic E-state index is 4.94. The second-order valence-electron chi connectivity index (χ2n) is 2.43. The molecule has 2 atom stereocenters. The fourth-order valence-electron chi connectivity index (χ4n) is 0.845. The molecule has 0 aliphatic heterocycles. The maximum Gasteiger partial charge on any atom is 0.0493 e. The zero-order chi connectivity index (χ0) is 5.28. The first-order valence-corrected chi connectivity index (χ1v) is 2.83. The van der Waals surface area contributed by atoms with Gasteiger partial charge in [-0.15, -0.1) is 0 Å². The van der Waals surface area contributed by atoms with Crippen LogP contribution in [0.2, 0.25) is 0 Å². The van der Waals surface area contributed by atoms with Gasteiger partial charge in [-0.3, -0.25) is 0 Å². The summed E-state index contributed by atoms with van der Waals surface area (Å²) < 4.78 is 4.94. The van der Waals surface area contributed by atoms with Crippen LogP contribution in [0.3, 0.4) is 0 Å². The second-order valence-corrected chi connectivity index (χ2v) is 2.43. The van der Waals surface area contributed by atoms with Gasteiger partial charge in [0.15, 0.2) is 0 Å².